The Bertz CT molecular complexity index is 221. The van der Waals surface area contributed by atoms with Crippen molar-refractivity contribution in [1.29, 1.82) is 0 Å². The van der Waals surface area contributed by atoms with Crippen molar-refractivity contribution >= 4 is 0 Å². The number of piperidine rings is 1. The Kier molecular flexibility index (Phi) is 3.18. The monoisotopic (exact) mass is 224 g/mol. The third-order valence-corrected chi connectivity index (χ3v) is 4.59. The molecule has 3 heterocycles. The molecule has 3 aliphatic heterocycles. The van der Waals surface area contributed by atoms with Gasteiger partial charge in [-0.05, 0) is 44.7 Å². The number of hydrogen-bond donors (Lipinski definition) is 1. The van der Waals surface area contributed by atoms with Crippen LogP contribution in [0.1, 0.15) is 25.7 Å². The Labute approximate surface area is 98.5 Å². The van der Waals surface area contributed by atoms with E-state index in [1.54, 1.807) is 0 Å². The number of likely N-dealkylation sites (tertiary alicyclic amines) is 1. The van der Waals surface area contributed by atoms with Crippen molar-refractivity contribution in [3.8, 4) is 0 Å². The molecule has 0 aliphatic carbocycles. The summed E-state index contributed by atoms with van der Waals surface area (Å²) in [5.41, 5.74) is 0.653. The predicted molar refractivity (Wildman–Crippen MR) is 64.5 cm³/mol. The number of hydrogen-bond acceptors (Lipinski definition) is 3. The fraction of sp³-hybridized carbons (Fsp3) is 1.00. The minimum Gasteiger partial charge on any atom is -0.381 e. The predicted octanol–water partition coefficient (Wildman–Crippen LogP) is 1.10. The van der Waals surface area contributed by atoms with Crippen molar-refractivity contribution in [2.75, 3.05) is 45.9 Å². The summed E-state index contributed by atoms with van der Waals surface area (Å²) in [6, 6.07) is 0. The van der Waals surface area contributed by atoms with Crippen LogP contribution in [0.5, 0.6) is 0 Å². The zero-order valence-electron chi connectivity index (χ0n) is 10.2. The maximum absolute atomic E-state index is 5.46. The van der Waals surface area contributed by atoms with Crippen molar-refractivity contribution in [2.45, 2.75) is 25.7 Å². The second-order valence-electron chi connectivity index (χ2n) is 5.99. The van der Waals surface area contributed by atoms with Crippen LogP contribution in [-0.2, 0) is 4.74 Å². The summed E-state index contributed by atoms with van der Waals surface area (Å²) in [7, 11) is 0. The largest absolute Gasteiger partial charge is 0.381 e. The summed E-state index contributed by atoms with van der Waals surface area (Å²) in [6.45, 7) is 8.48. The maximum atomic E-state index is 5.46. The minimum atomic E-state index is 0.653. The third kappa shape index (κ3) is 2.27. The van der Waals surface area contributed by atoms with E-state index in [2.05, 4.69) is 10.2 Å². The van der Waals surface area contributed by atoms with Gasteiger partial charge in [-0.15, -0.1) is 0 Å². The Morgan fingerprint density at radius 3 is 2.75 bits per heavy atom. The lowest BCUT2D eigenvalue weighted by molar-refractivity contribution is -0.0857. The zero-order valence-corrected chi connectivity index (χ0v) is 10.2. The summed E-state index contributed by atoms with van der Waals surface area (Å²) in [5.74, 6) is 0.908. The van der Waals surface area contributed by atoms with E-state index < -0.39 is 0 Å². The molecule has 3 fully saturated rings. The van der Waals surface area contributed by atoms with Gasteiger partial charge >= 0.3 is 0 Å². The fourth-order valence-electron chi connectivity index (χ4n) is 3.60. The first-order chi connectivity index (χ1) is 7.86. The van der Waals surface area contributed by atoms with E-state index in [1.165, 1.54) is 58.4 Å². The maximum Gasteiger partial charge on any atom is 0.0472 e. The molecule has 1 spiro atoms. The molecule has 1 N–H and O–H groups in total. The van der Waals surface area contributed by atoms with Crippen molar-refractivity contribution in [1.82, 2.24) is 10.2 Å². The lowest BCUT2D eigenvalue weighted by Crippen LogP contribution is -2.59. The standard InChI is InChI=1S/C13H24N2O/c1-2-12(8-14-5-1)9-15-10-13(11-15)3-6-16-7-4-13/h12,14H,1-11H2. The van der Waals surface area contributed by atoms with Gasteiger partial charge in [0.1, 0.15) is 0 Å². The van der Waals surface area contributed by atoms with E-state index in [0.717, 1.165) is 19.1 Å². The Morgan fingerprint density at radius 1 is 1.25 bits per heavy atom. The van der Waals surface area contributed by atoms with Gasteiger partial charge in [0.15, 0.2) is 0 Å². The van der Waals surface area contributed by atoms with Crippen molar-refractivity contribution in [3.05, 3.63) is 0 Å². The van der Waals surface area contributed by atoms with E-state index in [0.29, 0.717) is 5.41 Å². The number of nitrogens with one attached hydrogen (secondary N) is 1. The van der Waals surface area contributed by atoms with E-state index in [-0.39, 0.29) is 0 Å². The molecule has 0 amide bonds. The first-order valence-corrected chi connectivity index (χ1v) is 6.87. The molecule has 1 unspecified atom stereocenters. The molecule has 3 heteroatoms. The molecule has 1 atom stereocenters. The quantitative estimate of drug-likeness (QED) is 0.760. The summed E-state index contributed by atoms with van der Waals surface area (Å²) in [4.78, 5) is 2.67. The van der Waals surface area contributed by atoms with Gasteiger partial charge in [-0.1, -0.05) is 0 Å². The Hall–Kier alpha value is -0.120. The van der Waals surface area contributed by atoms with Gasteiger partial charge in [0, 0.05) is 38.3 Å². The molecular weight excluding hydrogens is 200 g/mol. The van der Waals surface area contributed by atoms with Crippen molar-refractivity contribution < 1.29 is 4.74 Å². The van der Waals surface area contributed by atoms with Crippen molar-refractivity contribution in [2.24, 2.45) is 11.3 Å². The van der Waals surface area contributed by atoms with E-state index >= 15 is 0 Å². The first kappa shape index (κ1) is 11.0. The van der Waals surface area contributed by atoms with Crippen LogP contribution in [0, 0.1) is 11.3 Å². The molecule has 92 valence electrons. The van der Waals surface area contributed by atoms with Gasteiger partial charge in [-0.3, -0.25) is 0 Å². The van der Waals surface area contributed by atoms with Crippen LogP contribution in [0.15, 0.2) is 0 Å². The molecule has 3 rings (SSSR count). The summed E-state index contributed by atoms with van der Waals surface area (Å²) >= 11 is 0. The topological polar surface area (TPSA) is 24.5 Å². The van der Waals surface area contributed by atoms with Gasteiger partial charge in [0.05, 0.1) is 0 Å². The van der Waals surface area contributed by atoms with E-state index in [9.17, 15) is 0 Å². The van der Waals surface area contributed by atoms with Crippen LogP contribution in [0.4, 0.5) is 0 Å². The number of ether oxygens (including phenoxy) is 1. The molecular formula is C13H24N2O. The van der Waals surface area contributed by atoms with Crippen LogP contribution >= 0.6 is 0 Å². The average molecular weight is 224 g/mol. The van der Waals surface area contributed by atoms with Crippen molar-refractivity contribution in [3.63, 3.8) is 0 Å². The number of rotatable bonds is 2. The Morgan fingerprint density at radius 2 is 2.06 bits per heavy atom. The van der Waals surface area contributed by atoms with Crippen LogP contribution in [0.3, 0.4) is 0 Å². The van der Waals surface area contributed by atoms with E-state index in [1.807, 2.05) is 0 Å². The number of nitrogens with zero attached hydrogens (tertiary/aromatic N) is 1. The zero-order chi connectivity index (χ0) is 10.8. The van der Waals surface area contributed by atoms with Gasteiger partial charge in [-0.25, -0.2) is 0 Å². The summed E-state index contributed by atoms with van der Waals surface area (Å²) in [6.07, 6.45) is 5.40. The SMILES string of the molecule is C1CNCC(CN2CC3(CCOCC3)C2)C1. The molecule has 0 bridgehead atoms. The summed E-state index contributed by atoms with van der Waals surface area (Å²) < 4.78 is 5.46. The normalized spacial score (nSPS) is 34.9. The molecule has 3 saturated heterocycles. The van der Waals surface area contributed by atoms with Gasteiger partial charge in [0.25, 0.3) is 0 Å². The third-order valence-electron chi connectivity index (χ3n) is 4.59. The lowest BCUT2D eigenvalue weighted by Gasteiger charge is -2.53. The second kappa shape index (κ2) is 4.63. The summed E-state index contributed by atoms with van der Waals surface area (Å²) in [5, 5.41) is 3.51. The fourth-order valence-corrected chi connectivity index (χ4v) is 3.60. The Balaban J connectivity index is 1.42. The molecule has 0 saturated carbocycles. The smallest absolute Gasteiger partial charge is 0.0472 e. The molecule has 0 aromatic rings. The van der Waals surface area contributed by atoms with E-state index in [4.69, 9.17) is 4.74 Å². The van der Waals surface area contributed by atoms with Crippen LogP contribution in [0.25, 0.3) is 0 Å². The highest BCUT2D eigenvalue weighted by atomic mass is 16.5. The lowest BCUT2D eigenvalue weighted by atomic mass is 9.73. The molecule has 0 radical (unpaired) electrons. The highest BCUT2D eigenvalue weighted by Gasteiger charge is 2.43. The second-order valence-corrected chi connectivity index (χ2v) is 5.99. The van der Waals surface area contributed by atoms with Gasteiger partial charge in [-0.2, -0.15) is 0 Å². The molecule has 0 aromatic carbocycles. The van der Waals surface area contributed by atoms with Crippen LogP contribution in [0.2, 0.25) is 0 Å². The molecule has 3 aliphatic rings. The molecule has 16 heavy (non-hydrogen) atoms. The van der Waals surface area contributed by atoms with Crippen LogP contribution in [-0.4, -0.2) is 50.8 Å². The minimum absolute atomic E-state index is 0.653. The highest BCUT2D eigenvalue weighted by molar-refractivity contribution is 4.96. The molecule has 3 nitrogen and oxygen atoms in total. The van der Waals surface area contributed by atoms with Gasteiger partial charge < -0.3 is 15.0 Å². The molecule has 0 aromatic heterocycles. The van der Waals surface area contributed by atoms with Gasteiger partial charge in [0.2, 0.25) is 0 Å². The highest BCUT2D eigenvalue weighted by Crippen LogP contribution is 2.40. The average Bonchev–Trinajstić information content (AvgIpc) is 2.30. The first-order valence-electron chi connectivity index (χ1n) is 6.87. The van der Waals surface area contributed by atoms with Crippen LogP contribution < -0.4 is 5.32 Å².